The molecule has 2 heterocycles. The fourth-order valence-corrected chi connectivity index (χ4v) is 3.97. The van der Waals surface area contributed by atoms with Gasteiger partial charge in [0.05, 0.1) is 11.8 Å². The fourth-order valence-electron chi connectivity index (χ4n) is 3.97. The van der Waals surface area contributed by atoms with Gasteiger partial charge >= 0.3 is 6.03 Å². The third-order valence-corrected chi connectivity index (χ3v) is 5.23. The summed E-state index contributed by atoms with van der Waals surface area (Å²) in [5, 5.41) is 9.97. The quantitative estimate of drug-likeness (QED) is 0.891. The molecule has 0 bridgehead atoms. The van der Waals surface area contributed by atoms with Crippen molar-refractivity contribution >= 4 is 6.03 Å². The normalized spacial score (nSPS) is 28.8. The summed E-state index contributed by atoms with van der Waals surface area (Å²) in [7, 11) is 0. The molecule has 0 aromatic carbocycles. The van der Waals surface area contributed by atoms with Gasteiger partial charge in [0.2, 0.25) is 0 Å². The van der Waals surface area contributed by atoms with Crippen LogP contribution < -0.4 is 10.6 Å². The summed E-state index contributed by atoms with van der Waals surface area (Å²) in [4.78, 5) is 12.1. The van der Waals surface area contributed by atoms with E-state index in [1.165, 1.54) is 0 Å². The topological polar surface area (TPSA) is 76.4 Å². The zero-order valence-corrected chi connectivity index (χ0v) is 13.7. The molecule has 0 radical (unpaired) electrons. The molecule has 1 saturated carbocycles. The molecule has 22 heavy (non-hydrogen) atoms. The summed E-state index contributed by atoms with van der Waals surface area (Å²) in [5.74, 6) is 1.29. The molecular weight excluding hydrogens is 282 g/mol. The van der Waals surface area contributed by atoms with Crippen molar-refractivity contribution in [1.82, 2.24) is 15.8 Å². The second kappa shape index (κ2) is 5.57. The first kappa shape index (κ1) is 15.3. The van der Waals surface area contributed by atoms with Gasteiger partial charge in [0, 0.05) is 36.1 Å². The van der Waals surface area contributed by atoms with Gasteiger partial charge in [0.25, 0.3) is 0 Å². The van der Waals surface area contributed by atoms with Crippen molar-refractivity contribution < 1.29 is 14.1 Å². The van der Waals surface area contributed by atoms with E-state index in [9.17, 15) is 4.79 Å². The second-order valence-electron chi connectivity index (χ2n) is 7.00. The largest absolute Gasteiger partial charge is 0.377 e. The van der Waals surface area contributed by atoms with Crippen LogP contribution in [-0.2, 0) is 11.2 Å². The van der Waals surface area contributed by atoms with Crippen molar-refractivity contribution in [2.75, 3.05) is 13.2 Å². The second-order valence-corrected chi connectivity index (χ2v) is 7.00. The van der Waals surface area contributed by atoms with Crippen LogP contribution in [-0.4, -0.2) is 36.5 Å². The minimum atomic E-state index is -0.102. The number of hydrogen-bond acceptors (Lipinski definition) is 4. The van der Waals surface area contributed by atoms with E-state index < -0.39 is 0 Å². The lowest BCUT2D eigenvalue weighted by Gasteiger charge is -2.54. The van der Waals surface area contributed by atoms with Crippen LogP contribution in [0.1, 0.15) is 37.3 Å². The fraction of sp³-hybridized carbons (Fsp3) is 0.750. The first-order valence-corrected chi connectivity index (χ1v) is 7.99. The molecule has 2 fully saturated rings. The number of aromatic nitrogens is 1. The lowest BCUT2D eigenvalue weighted by Crippen LogP contribution is -2.67. The summed E-state index contributed by atoms with van der Waals surface area (Å²) in [5.41, 5.74) is 1.99. The van der Waals surface area contributed by atoms with E-state index in [2.05, 4.69) is 29.6 Å². The Labute approximate surface area is 131 Å². The highest BCUT2D eigenvalue weighted by Gasteiger charge is 2.59. The summed E-state index contributed by atoms with van der Waals surface area (Å²) in [6.07, 6.45) is 2.07. The van der Waals surface area contributed by atoms with Crippen molar-refractivity contribution in [3.05, 3.63) is 17.0 Å². The average Bonchev–Trinajstić information content (AvgIpc) is 3.04. The number of carbonyl (C=O) groups excluding carboxylic acids is 1. The molecule has 0 unspecified atom stereocenters. The number of hydrogen-bond donors (Lipinski definition) is 2. The van der Waals surface area contributed by atoms with Crippen molar-refractivity contribution in [2.45, 2.75) is 52.7 Å². The van der Waals surface area contributed by atoms with E-state index in [1.807, 2.05) is 13.8 Å². The van der Waals surface area contributed by atoms with Crippen LogP contribution in [0.5, 0.6) is 0 Å². The van der Waals surface area contributed by atoms with Crippen LogP contribution in [0.3, 0.4) is 0 Å². The van der Waals surface area contributed by atoms with E-state index in [4.69, 9.17) is 9.26 Å². The van der Waals surface area contributed by atoms with Gasteiger partial charge in [0.15, 0.2) is 0 Å². The number of urea groups is 1. The Morgan fingerprint density at radius 1 is 1.41 bits per heavy atom. The molecule has 1 aromatic heterocycles. The van der Waals surface area contributed by atoms with Crippen LogP contribution in [0.4, 0.5) is 4.79 Å². The molecule has 6 heteroatoms. The lowest BCUT2D eigenvalue weighted by atomic mass is 9.57. The molecule has 6 nitrogen and oxygen atoms in total. The summed E-state index contributed by atoms with van der Waals surface area (Å²) in [6.45, 7) is 9.52. The molecule has 2 N–H and O–H groups in total. The first-order valence-electron chi connectivity index (χ1n) is 7.99. The maximum atomic E-state index is 12.1. The van der Waals surface area contributed by atoms with E-state index in [0.717, 1.165) is 36.5 Å². The minimum Gasteiger partial charge on any atom is -0.377 e. The minimum absolute atomic E-state index is 0.0140. The number of aryl methyl sites for hydroxylation is 2. The Morgan fingerprint density at radius 2 is 2.18 bits per heavy atom. The molecular formula is C16H25N3O3. The molecule has 1 saturated heterocycles. The number of nitrogens with one attached hydrogen (secondary N) is 2. The van der Waals surface area contributed by atoms with Crippen molar-refractivity contribution in [2.24, 2.45) is 11.3 Å². The van der Waals surface area contributed by atoms with Crippen LogP contribution in [0.2, 0.25) is 0 Å². The van der Waals surface area contributed by atoms with Gasteiger partial charge in [-0.3, -0.25) is 0 Å². The van der Waals surface area contributed by atoms with E-state index >= 15 is 0 Å². The van der Waals surface area contributed by atoms with Gasteiger partial charge in [-0.05, 0) is 26.7 Å². The zero-order chi connectivity index (χ0) is 15.9. The van der Waals surface area contributed by atoms with Gasteiger partial charge < -0.3 is 19.9 Å². The summed E-state index contributed by atoms with van der Waals surface area (Å²) >= 11 is 0. The number of ether oxygens (including phenoxy) is 1. The molecule has 2 amide bonds. The maximum Gasteiger partial charge on any atom is 0.315 e. The van der Waals surface area contributed by atoms with Gasteiger partial charge in [-0.1, -0.05) is 19.0 Å². The predicted molar refractivity (Wildman–Crippen MR) is 81.6 cm³/mol. The molecule has 0 spiro atoms. The van der Waals surface area contributed by atoms with Gasteiger partial charge in [0.1, 0.15) is 5.76 Å². The third kappa shape index (κ3) is 2.49. The molecule has 3 atom stereocenters. The van der Waals surface area contributed by atoms with E-state index in [-0.39, 0.29) is 17.5 Å². The molecule has 1 aliphatic carbocycles. The number of fused-ring (bicyclic) bond motifs is 1. The molecule has 2 aliphatic rings. The molecule has 1 aliphatic heterocycles. The highest BCUT2D eigenvalue weighted by molar-refractivity contribution is 5.74. The number of carbonyl (C=O) groups is 1. The average molecular weight is 307 g/mol. The highest BCUT2D eigenvalue weighted by Crippen LogP contribution is 2.51. The highest BCUT2D eigenvalue weighted by atomic mass is 16.5. The zero-order valence-electron chi connectivity index (χ0n) is 13.7. The standard InChI is InChI=1S/C16H25N3O3/c1-9-11(10(2)22-19-9)5-7-17-15(20)18-13-12-6-8-21-14(12)16(13,3)4/h12-14H,5-8H2,1-4H3,(H2,17,18,20)/t12-,13-,14-/m1/s1. The van der Waals surface area contributed by atoms with Gasteiger partial charge in [-0.25, -0.2) is 4.79 Å². The molecule has 1 aromatic rings. The predicted octanol–water partition coefficient (Wildman–Crippen LogP) is 1.95. The monoisotopic (exact) mass is 307 g/mol. The Balaban J connectivity index is 1.47. The SMILES string of the molecule is Cc1noc(C)c1CCNC(=O)N[C@@H]1[C@H]2CCO[C@H]2C1(C)C. The van der Waals surface area contributed by atoms with Crippen LogP contribution >= 0.6 is 0 Å². The Bertz CT molecular complexity index is 547. The molecule has 122 valence electrons. The Morgan fingerprint density at radius 3 is 2.86 bits per heavy atom. The van der Waals surface area contributed by atoms with Crippen molar-refractivity contribution in [3.63, 3.8) is 0 Å². The van der Waals surface area contributed by atoms with Crippen molar-refractivity contribution in [1.29, 1.82) is 0 Å². The van der Waals surface area contributed by atoms with E-state index in [1.54, 1.807) is 0 Å². The van der Waals surface area contributed by atoms with Gasteiger partial charge in [-0.15, -0.1) is 0 Å². The van der Waals surface area contributed by atoms with Crippen LogP contribution in [0.15, 0.2) is 4.52 Å². The summed E-state index contributed by atoms with van der Waals surface area (Å²) < 4.78 is 10.9. The van der Waals surface area contributed by atoms with E-state index in [0.29, 0.717) is 18.6 Å². The Kier molecular flexibility index (Phi) is 3.89. The number of amides is 2. The first-order chi connectivity index (χ1) is 10.4. The third-order valence-electron chi connectivity index (χ3n) is 5.23. The van der Waals surface area contributed by atoms with Crippen LogP contribution in [0.25, 0.3) is 0 Å². The van der Waals surface area contributed by atoms with Crippen molar-refractivity contribution in [3.8, 4) is 0 Å². The molecule has 3 rings (SSSR count). The maximum absolute atomic E-state index is 12.1. The van der Waals surface area contributed by atoms with Crippen LogP contribution in [0, 0.1) is 25.2 Å². The number of nitrogens with zero attached hydrogens (tertiary/aromatic N) is 1. The number of rotatable bonds is 4. The van der Waals surface area contributed by atoms with Gasteiger partial charge in [-0.2, -0.15) is 0 Å². The Hall–Kier alpha value is -1.56. The summed E-state index contributed by atoms with van der Waals surface area (Å²) in [6, 6.07) is 0.0919. The smallest absolute Gasteiger partial charge is 0.315 e. The lowest BCUT2D eigenvalue weighted by molar-refractivity contribution is -0.108.